The highest BCUT2D eigenvalue weighted by Crippen LogP contribution is 2.28. The van der Waals surface area contributed by atoms with Gasteiger partial charge < -0.3 is 19.6 Å². The van der Waals surface area contributed by atoms with Crippen LogP contribution in [-0.4, -0.2) is 33.1 Å². The van der Waals surface area contributed by atoms with E-state index < -0.39 is 0 Å². The van der Waals surface area contributed by atoms with Crippen LogP contribution in [0.4, 0.5) is 0 Å². The van der Waals surface area contributed by atoms with Gasteiger partial charge in [0.25, 0.3) is 5.91 Å². The Morgan fingerprint density at radius 1 is 1.42 bits per heavy atom. The van der Waals surface area contributed by atoms with Crippen LogP contribution in [0.15, 0.2) is 43.0 Å². The molecule has 1 fully saturated rings. The summed E-state index contributed by atoms with van der Waals surface area (Å²) in [6.07, 6.45) is 7.01. The molecule has 1 saturated heterocycles. The number of nitrogens with one attached hydrogen (secondary N) is 2. The van der Waals surface area contributed by atoms with Crippen molar-refractivity contribution in [2.45, 2.75) is 25.0 Å². The molecule has 0 bridgehead atoms. The third-order valence-electron chi connectivity index (χ3n) is 4.64. The molecule has 4 rings (SSSR count). The quantitative estimate of drug-likeness (QED) is 0.778. The standard InChI is InChI=1S/C18H20N4O2/c1-22-11-19-10-16(22)17-9-12(6-8-24-17)21-18(23)14-3-2-4-15-13(14)5-7-20-15/h2-5,7,10-12,17,20H,6,8-9H2,1H3,(H,21,23)/t12-,17-/m1/s1. The Morgan fingerprint density at radius 3 is 3.17 bits per heavy atom. The number of aromatic nitrogens is 3. The van der Waals surface area contributed by atoms with Crippen molar-refractivity contribution in [1.82, 2.24) is 19.9 Å². The van der Waals surface area contributed by atoms with Crippen LogP contribution in [0, 0.1) is 0 Å². The largest absolute Gasteiger partial charge is 0.372 e. The maximum Gasteiger partial charge on any atom is 0.252 e. The number of rotatable bonds is 3. The molecule has 24 heavy (non-hydrogen) atoms. The Kier molecular flexibility index (Phi) is 3.82. The Morgan fingerprint density at radius 2 is 2.33 bits per heavy atom. The Labute approximate surface area is 139 Å². The molecule has 2 atom stereocenters. The fourth-order valence-electron chi connectivity index (χ4n) is 3.36. The summed E-state index contributed by atoms with van der Waals surface area (Å²) in [6, 6.07) is 7.77. The van der Waals surface area contributed by atoms with Crippen LogP contribution in [0.25, 0.3) is 10.9 Å². The van der Waals surface area contributed by atoms with Crippen LogP contribution < -0.4 is 5.32 Å². The third-order valence-corrected chi connectivity index (χ3v) is 4.64. The number of imidazole rings is 1. The molecule has 1 amide bonds. The molecule has 6 nitrogen and oxygen atoms in total. The van der Waals surface area contributed by atoms with E-state index in [-0.39, 0.29) is 18.1 Å². The maximum absolute atomic E-state index is 12.7. The monoisotopic (exact) mass is 324 g/mol. The van der Waals surface area contributed by atoms with Gasteiger partial charge in [-0.1, -0.05) is 6.07 Å². The zero-order valence-corrected chi connectivity index (χ0v) is 13.5. The van der Waals surface area contributed by atoms with Crippen molar-refractivity contribution in [3.63, 3.8) is 0 Å². The smallest absolute Gasteiger partial charge is 0.252 e. The van der Waals surface area contributed by atoms with Crippen LogP contribution in [0.3, 0.4) is 0 Å². The summed E-state index contributed by atoms with van der Waals surface area (Å²) in [5, 5.41) is 4.12. The molecule has 3 heterocycles. The number of hydrogen-bond donors (Lipinski definition) is 2. The minimum atomic E-state index is -0.0316. The number of fused-ring (bicyclic) bond motifs is 1. The first-order valence-electron chi connectivity index (χ1n) is 8.17. The number of hydrogen-bond acceptors (Lipinski definition) is 3. The third kappa shape index (κ3) is 2.69. The average Bonchev–Trinajstić information content (AvgIpc) is 3.23. The Hall–Kier alpha value is -2.60. The zero-order chi connectivity index (χ0) is 16.5. The second-order valence-electron chi connectivity index (χ2n) is 6.23. The molecule has 6 heteroatoms. The molecule has 124 valence electrons. The first-order valence-corrected chi connectivity index (χ1v) is 8.17. The first-order chi connectivity index (χ1) is 11.7. The normalized spacial score (nSPS) is 21.0. The maximum atomic E-state index is 12.7. The van der Waals surface area contributed by atoms with E-state index in [2.05, 4.69) is 15.3 Å². The van der Waals surface area contributed by atoms with Crippen molar-refractivity contribution in [3.05, 3.63) is 54.2 Å². The number of amides is 1. The molecule has 2 N–H and O–H groups in total. The van der Waals surface area contributed by atoms with Crippen LogP contribution >= 0.6 is 0 Å². The van der Waals surface area contributed by atoms with Gasteiger partial charge in [-0.3, -0.25) is 4.79 Å². The molecule has 3 aromatic rings. The number of ether oxygens (including phenoxy) is 1. The van der Waals surface area contributed by atoms with Gasteiger partial charge in [0.1, 0.15) is 6.10 Å². The van der Waals surface area contributed by atoms with E-state index in [0.717, 1.165) is 29.4 Å². The van der Waals surface area contributed by atoms with Gasteiger partial charge in [0.05, 0.1) is 18.2 Å². The minimum Gasteiger partial charge on any atom is -0.372 e. The van der Waals surface area contributed by atoms with E-state index >= 15 is 0 Å². The lowest BCUT2D eigenvalue weighted by molar-refractivity contribution is -0.00300. The van der Waals surface area contributed by atoms with Gasteiger partial charge in [-0.2, -0.15) is 0 Å². The predicted molar refractivity (Wildman–Crippen MR) is 90.7 cm³/mol. The summed E-state index contributed by atoms with van der Waals surface area (Å²) in [7, 11) is 1.96. The molecule has 2 aromatic heterocycles. The van der Waals surface area contributed by atoms with Crippen molar-refractivity contribution in [1.29, 1.82) is 0 Å². The van der Waals surface area contributed by atoms with Crippen molar-refractivity contribution >= 4 is 16.8 Å². The van der Waals surface area contributed by atoms with Gasteiger partial charge in [0.2, 0.25) is 0 Å². The summed E-state index contributed by atoms with van der Waals surface area (Å²) in [6.45, 7) is 0.634. The number of H-pyrrole nitrogens is 1. The summed E-state index contributed by atoms with van der Waals surface area (Å²) < 4.78 is 7.83. The highest BCUT2D eigenvalue weighted by molar-refractivity contribution is 6.06. The molecule has 0 aliphatic carbocycles. The molecular weight excluding hydrogens is 304 g/mol. The fraction of sp³-hybridized carbons (Fsp3) is 0.333. The van der Waals surface area contributed by atoms with Crippen LogP contribution in [0.5, 0.6) is 0 Å². The van der Waals surface area contributed by atoms with Gasteiger partial charge in [-0.15, -0.1) is 0 Å². The highest BCUT2D eigenvalue weighted by Gasteiger charge is 2.27. The lowest BCUT2D eigenvalue weighted by atomic mass is 10.0. The minimum absolute atomic E-state index is 0.0281. The number of carbonyl (C=O) groups is 1. The van der Waals surface area contributed by atoms with Crippen LogP contribution in [-0.2, 0) is 11.8 Å². The van der Waals surface area contributed by atoms with Crippen molar-refractivity contribution in [3.8, 4) is 0 Å². The van der Waals surface area contributed by atoms with Gasteiger partial charge in [0, 0.05) is 42.4 Å². The molecular formula is C18H20N4O2. The second kappa shape index (κ2) is 6.13. The molecule has 0 unspecified atom stereocenters. The van der Waals surface area contributed by atoms with E-state index in [0.29, 0.717) is 12.2 Å². The highest BCUT2D eigenvalue weighted by atomic mass is 16.5. The number of benzene rings is 1. The molecule has 0 saturated carbocycles. The lowest BCUT2D eigenvalue weighted by Crippen LogP contribution is -2.40. The number of aromatic amines is 1. The SMILES string of the molecule is Cn1cncc1[C@H]1C[C@H](NC(=O)c2cccc3[nH]ccc23)CCO1. The van der Waals surface area contributed by atoms with Crippen molar-refractivity contribution in [2.24, 2.45) is 7.05 Å². The van der Waals surface area contributed by atoms with Gasteiger partial charge in [-0.05, 0) is 31.0 Å². The van der Waals surface area contributed by atoms with E-state index in [1.165, 1.54) is 0 Å². The van der Waals surface area contributed by atoms with Gasteiger partial charge in [-0.25, -0.2) is 4.98 Å². The molecule has 1 aromatic carbocycles. The summed E-state index contributed by atoms with van der Waals surface area (Å²) >= 11 is 0. The predicted octanol–water partition coefficient (Wildman–Crippen LogP) is 2.55. The van der Waals surface area contributed by atoms with Crippen molar-refractivity contribution in [2.75, 3.05) is 6.61 Å². The molecule has 0 spiro atoms. The summed E-state index contributed by atoms with van der Waals surface area (Å²) in [5.41, 5.74) is 2.72. The number of aryl methyl sites for hydroxylation is 1. The first kappa shape index (κ1) is 15.0. The van der Waals surface area contributed by atoms with Crippen LogP contribution in [0.2, 0.25) is 0 Å². The Balaban J connectivity index is 1.49. The molecule has 0 radical (unpaired) electrons. The van der Waals surface area contributed by atoms with Crippen LogP contribution in [0.1, 0.15) is 35.0 Å². The second-order valence-corrected chi connectivity index (χ2v) is 6.23. The number of nitrogens with zero attached hydrogens (tertiary/aromatic N) is 2. The lowest BCUT2D eigenvalue weighted by Gasteiger charge is -2.30. The topological polar surface area (TPSA) is 71.9 Å². The fourth-order valence-corrected chi connectivity index (χ4v) is 3.36. The van der Waals surface area contributed by atoms with E-state index in [1.807, 2.05) is 48.3 Å². The van der Waals surface area contributed by atoms with E-state index in [1.54, 1.807) is 6.33 Å². The average molecular weight is 324 g/mol. The zero-order valence-electron chi connectivity index (χ0n) is 13.5. The molecule has 1 aliphatic heterocycles. The van der Waals surface area contributed by atoms with E-state index in [9.17, 15) is 4.79 Å². The van der Waals surface area contributed by atoms with Gasteiger partial charge >= 0.3 is 0 Å². The summed E-state index contributed by atoms with van der Waals surface area (Å²) in [4.78, 5) is 20.0. The molecule has 1 aliphatic rings. The summed E-state index contributed by atoms with van der Waals surface area (Å²) in [5.74, 6) is -0.0316. The Bertz CT molecular complexity index is 867. The van der Waals surface area contributed by atoms with Gasteiger partial charge in [0.15, 0.2) is 0 Å². The number of carbonyl (C=O) groups excluding carboxylic acids is 1. The van der Waals surface area contributed by atoms with E-state index in [4.69, 9.17) is 4.74 Å². The van der Waals surface area contributed by atoms with Crippen molar-refractivity contribution < 1.29 is 9.53 Å².